The Morgan fingerprint density at radius 2 is 2.12 bits per heavy atom. The van der Waals surface area contributed by atoms with E-state index in [0.29, 0.717) is 6.04 Å². The van der Waals surface area contributed by atoms with Crippen LogP contribution in [0.4, 0.5) is 0 Å². The first kappa shape index (κ1) is 14.7. The minimum atomic E-state index is 0.184. The summed E-state index contributed by atoms with van der Waals surface area (Å²) in [5.74, 6) is 0. The molecule has 0 spiro atoms. The molecule has 1 aromatic rings. The molecule has 1 heterocycles. The normalized spacial score (nSPS) is 15.2. The van der Waals surface area contributed by atoms with Crippen LogP contribution in [0, 0.1) is 6.92 Å². The molecule has 1 rings (SSSR count). The van der Waals surface area contributed by atoms with Crippen molar-refractivity contribution in [1.29, 1.82) is 0 Å². The van der Waals surface area contributed by atoms with E-state index in [1.54, 1.807) is 0 Å². The highest BCUT2D eigenvalue weighted by molar-refractivity contribution is 7.10. The Morgan fingerprint density at radius 3 is 2.53 bits per heavy atom. The van der Waals surface area contributed by atoms with E-state index in [4.69, 9.17) is 5.73 Å². The van der Waals surface area contributed by atoms with Crippen molar-refractivity contribution < 1.29 is 0 Å². The fourth-order valence-corrected chi connectivity index (χ4v) is 3.46. The lowest BCUT2D eigenvalue weighted by molar-refractivity contribution is 0.185. The molecular formula is C14H26N2S. The monoisotopic (exact) mass is 254 g/mol. The molecule has 0 aliphatic rings. The van der Waals surface area contributed by atoms with E-state index >= 15 is 0 Å². The molecule has 17 heavy (non-hydrogen) atoms. The molecule has 2 nitrogen and oxygen atoms in total. The van der Waals surface area contributed by atoms with E-state index in [-0.39, 0.29) is 6.04 Å². The van der Waals surface area contributed by atoms with Gasteiger partial charge in [0.1, 0.15) is 0 Å². The first-order chi connectivity index (χ1) is 8.11. The quantitative estimate of drug-likeness (QED) is 0.806. The number of hydrogen-bond acceptors (Lipinski definition) is 3. The number of hydrogen-bond donors (Lipinski definition) is 1. The van der Waals surface area contributed by atoms with Crippen LogP contribution in [0.1, 0.15) is 50.1 Å². The van der Waals surface area contributed by atoms with Crippen LogP contribution in [0.25, 0.3) is 0 Å². The summed E-state index contributed by atoms with van der Waals surface area (Å²) in [7, 11) is 0. The van der Waals surface area contributed by atoms with E-state index in [1.165, 1.54) is 23.3 Å². The second-order valence-electron chi connectivity index (χ2n) is 4.75. The van der Waals surface area contributed by atoms with Crippen LogP contribution in [0.15, 0.2) is 11.4 Å². The third-order valence-corrected chi connectivity index (χ3v) is 4.36. The fourth-order valence-electron chi connectivity index (χ4n) is 2.28. The van der Waals surface area contributed by atoms with Crippen molar-refractivity contribution in [3.8, 4) is 0 Å². The van der Waals surface area contributed by atoms with Crippen molar-refractivity contribution >= 4 is 11.3 Å². The second-order valence-corrected chi connectivity index (χ2v) is 5.70. The standard InChI is InChI=1S/C14H26N2S/c1-5-7-9-16(6-2)13(12(4)15)14-11(3)8-10-17-14/h8,10,12-13H,5-7,9,15H2,1-4H3. The zero-order valence-electron chi connectivity index (χ0n) is 11.6. The van der Waals surface area contributed by atoms with Crippen LogP contribution in [0.3, 0.4) is 0 Å². The topological polar surface area (TPSA) is 29.3 Å². The maximum Gasteiger partial charge on any atom is 0.0593 e. The Labute approximate surface area is 110 Å². The molecule has 1 aromatic heterocycles. The highest BCUT2D eigenvalue weighted by Crippen LogP contribution is 2.30. The van der Waals surface area contributed by atoms with Crippen molar-refractivity contribution in [3.05, 3.63) is 21.9 Å². The number of aryl methyl sites for hydroxylation is 1. The number of rotatable bonds is 7. The Kier molecular flexibility index (Phi) is 6.17. The summed E-state index contributed by atoms with van der Waals surface area (Å²) in [5, 5.41) is 2.17. The van der Waals surface area contributed by atoms with Crippen molar-refractivity contribution in [2.24, 2.45) is 5.73 Å². The van der Waals surface area contributed by atoms with Gasteiger partial charge in [0.05, 0.1) is 6.04 Å². The summed E-state index contributed by atoms with van der Waals surface area (Å²) in [4.78, 5) is 3.96. The molecule has 2 unspecified atom stereocenters. The molecule has 0 saturated carbocycles. The van der Waals surface area contributed by atoms with Gasteiger partial charge in [-0.05, 0) is 50.4 Å². The van der Waals surface area contributed by atoms with E-state index in [2.05, 4.69) is 44.0 Å². The van der Waals surface area contributed by atoms with Crippen molar-refractivity contribution in [3.63, 3.8) is 0 Å². The van der Waals surface area contributed by atoms with E-state index in [1.807, 2.05) is 11.3 Å². The number of likely N-dealkylation sites (N-methyl/N-ethyl adjacent to an activating group) is 1. The average molecular weight is 254 g/mol. The Balaban J connectivity index is 2.87. The molecule has 2 atom stereocenters. The minimum absolute atomic E-state index is 0.184. The molecule has 0 bridgehead atoms. The molecule has 0 saturated heterocycles. The summed E-state index contributed by atoms with van der Waals surface area (Å²) in [6.07, 6.45) is 2.49. The van der Waals surface area contributed by atoms with Gasteiger partial charge >= 0.3 is 0 Å². The largest absolute Gasteiger partial charge is 0.326 e. The third kappa shape index (κ3) is 3.80. The predicted octanol–water partition coefficient (Wildman–Crippen LogP) is 3.57. The lowest BCUT2D eigenvalue weighted by Crippen LogP contribution is -2.39. The summed E-state index contributed by atoms with van der Waals surface area (Å²) in [5.41, 5.74) is 7.59. The van der Waals surface area contributed by atoms with Gasteiger partial charge in [-0.3, -0.25) is 4.90 Å². The van der Waals surface area contributed by atoms with Gasteiger partial charge in [0.25, 0.3) is 0 Å². The number of thiophene rings is 1. The highest BCUT2D eigenvalue weighted by Gasteiger charge is 2.24. The zero-order valence-corrected chi connectivity index (χ0v) is 12.4. The molecule has 3 heteroatoms. The van der Waals surface area contributed by atoms with Crippen LogP contribution >= 0.6 is 11.3 Å². The molecule has 0 aliphatic heterocycles. The second kappa shape index (κ2) is 7.14. The van der Waals surface area contributed by atoms with Crippen molar-refractivity contribution in [1.82, 2.24) is 4.90 Å². The molecule has 0 radical (unpaired) electrons. The third-order valence-electron chi connectivity index (χ3n) is 3.27. The lowest BCUT2D eigenvalue weighted by Gasteiger charge is -2.33. The summed E-state index contributed by atoms with van der Waals surface area (Å²) >= 11 is 1.84. The number of nitrogens with two attached hydrogens (primary N) is 1. The van der Waals surface area contributed by atoms with Crippen LogP contribution in [0.2, 0.25) is 0 Å². The van der Waals surface area contributed by atoms with Crippen LogP contribution in [0.5, 0.6) is 0 Å². The molecule has 0 aromatic carbocycles. The predicted molar refractivity (Wildman–Crippen MR) is 77.6 cm³/mol. The summed E-state index contributed by atoms with van der Waals surface area (Å²) < 4.78 is 0. The summed E-state index contributed by atoms with van der Waals surface area (Å²) in [6, 6.07) is 2.76. The van der Waals surface area contributed by atoms with Gasteiger partial charge in [-0.1, -0.05) is 20.3 Å². The zero-order chi connectivity index (χ0) is 12.8. The fraction of sp³-hybridized carbons (Fsp3) is 0.714. The average Bonchev–Trinajstić information content (AvgIpc) is 2.70. The Bertz CT molecular complexity index is 320. The minimum Gasteiger partial charge on any atom is -0.326 e. The van der Waals surface area contributed by atoms with E-state index < -0.39 is 0 Å². The SMILES string of the molecule is CCCCN(CC)C(c1sccc1C)C(C)N. The first-order valence-electron chi connectivity index (χ1n) is 6.65. The number of unbranched alkanes of at least 4 members (excludes halogenated alkanes) is 1. The van der Waals surface area contributed by atoms with Crippen LogP contribution in [-0.4, -0.2) is 24.0 Å². The van der Waals surface area contributed by atoms with Crippen molar-refractivity contribution in [2.45, 2.75) is 52.6 Å². The molecule has 2 N–H and O–H groups in total. The van der Waals surface area contributed by atoms with E-state index in [0.717, 1.165) is 13.1 Å². The van der Waals surface area contributed by atoms with Gasteiger partial charge in [0.15, 0.2) is 0 Å². The van der Waals surface area contributed by atoms with Gasteiger partial charge < -0.3 is 5.73 Å². The Hall–Kier alpha value is -0.380. The van der Waals surface area contributed by atoms with Gasteiger partial charge in [-0.25, -0.2) is 0 Å². The molecule has 0 amide bonds. The smallest absolute Gasteiger partial charge is 0.0593 e. The molecule has 0 aliphatic carbocycles. The van der Waals surface area contributed by atoms with Gasteiger partial charge in [0.2, 0.25) is 0 Å². The lowest BCUT2D eigenvalue weighted by atomic mass is 10.0. The van der Waals surface area contributed by atoms with Crippen LogP contribution in [-0.2, 0) is 0 Å². The maximum atomic E-state index is 6.21. The maximum absolute atomic E-state index is 6.21. The van der Waals surface area contributed by atoms with Gasteiger partial charge in [0, 0.05) is 10.9 Å². The van der Waals surface area contributed by atoms with Gasteiger partial charge in [-0.15, -0.1) is 11.3 Å². The first-order valence-corrected chi connectivity index (χ1v) is 7.53. The van der Waals surface area contributed by atoms with Crippen molar-refractivity contribution in [2.75, 3.05) is 13.1 Å². The van der Waals surface area contributed by atoms with E-state index in [9.17, 15) is 0 Å². The molecule has 98 valence electrons. The molecular weight excluding hydrogens is 228 g/mol. The highest BCUT2D eigenvalue weighted by atomic mass is 32.1. The van der Waals surface area contributed by atoms with Crippen LogP contribution < -0.4 is 5.73 Å². The van der Waals surface area contributed by atoms with Gasteiger partial charge in [-0.2, -0.15) is 0 Å². The Morgan fingerprint density at radius 1 is 1.41 bits per heavy atom. The number of nitrogens with zero attached hydrogens (tertiary/aromatic N) is 1. The molecule has 0 fully saturated rings. The summed E-state index contributed by atoms with van der Waals surface area (Å²) in [6.45, 7) is 11.0.